The maximum Gasteiger partial charge on any atom is 0.338 e. The molecule has 0 fully saturated rings. The van der Waals surface area contributed by atoms with Gasteiger partial charge in [0.25, 0.3) is 0 Å². The smallest absolute Gasteiger partial charge is 0.338 e. The zero-order valence-corrected chi connectivity index (χ0v) is 23.7. The molecular formula is C31H29N3O4S2. The van der Waals surface area contributed by atoms with Gasteiger partial charge in [0.15, 0.2) is 5.11 Å². The molecule has 9 heteroatoms. The van der Waals surface area contributed by atoms with Crippen LogP contribution in [0.2, 0.25) is 0 Å². The van der Waals surface area contributed by atoms with Crippen LogP contribution in [-0.2, 0) is 9.53 Å². The van der Waals surface area contributed by atoms with E-state index in [0.717, 1.165) is 21.8 Å². The Kier molecular flexibility index (Phi) is 10.1. The van der Waals surface area contributed by atoms with Crippen molar-refractivity contribution >= 4 is 58.0 Å². The summed E-state index contributed by atoms with van der Waals surface area (Å²) in [5.41, 5.74) is 3.40. The first-order valence-electron chi connectivity index (χ1n) is 12.6. The molecule has 0 aliphatic carbocycles. The van der Waals surface area contributed by atoms with Gasteiger partial charge < -0.3 is 25.4 Å². The van der Waals surface area contributed by atoms with Gasteiger partial charge in [0, 0.05) is 16.3 Å². The quantitative estimate of drug-likeness (QED) is 0.105. The van der Waals surface area contributed by atoms with E-state index in [0.29, 0.717) is 28.7 Å². The highest BCUT2D eigenvalue weighted by Gasteiger charge is 2.22. The number of para-hydroxylation sites is 2. The lowest BCUT2D eigenvalue weighted by Crippen LogP contribution is -2.20. The number of amides is 1. The number of hydrogen-bond donors (Lipinski definition) is 3. The summed E-state index contributed by atoms with van der Waals surface area (Å²) >= 11 is 6.94. The second-order valence-corrected chi connectivity index (χ2v) is 10.1. The van der Waals surface area contributed by atoms with E-state index in [1.54, 1.807) is 38.3 Å². The van der Waals surface area contributed by atoms with Crippen molar-refractivity contribution in [3.05, 3.63) is 114 Å². The monoisotopic (exact) mass is 571 g/mol. The molecular weight excluding hydrogens is 542 g/mol. The normalized spacial score (nSPS) is 11.2. The first-order chi connectivity index (χ1) is 19.5. The van der Waals surface area contributed by atoms with E-state index in [-0.39, 0.29) is 5.91 Å². The van der Waals surface area contributed by atoms with E-state index >= 15 is 0 Å². The van der Waals surface area contributed by atoms with Crippen molar-refractivity contribution in [3.8, 4) is 5.75 Å². The largest absolute Gasteiger partial charge is 0.495 e. The van der Waals surface area contributed by atoms with Crippen LogP contribution in [0.4, 0.5) is 17.1 Å². The van der Waals surface area contributed by atoms with E-state index < -0.39 is 11.2 Å². The second-order valence-electron chi connectivity index (χ2n) is 8.50. The number of hydrogen-bond acceptors (Lipinski definition) is 6. The summed E-state index contributed by atoms with van der Waals surface area (Å²) in [5, 5.41) is 9.21. The number of methoxy groups -OCH3 is 1. The van der Waals surface area contributed by atoms with Crippen LogP contribution in [0.3, 0.4) is 0 Å². The molecule has 7 nitrogen and oxygen atoms in total. The Balaban J connectivity index is 1.47. The maximum atomic E-state index is 13.5. The average Bonchev–Trinajstić information content (AvgIpc) is 2.97. The summed E-state index contributed by atoms with van der Waals surface area (Å²) in [6, 6.07) is 31.5. The Hall–Kier alpha value is -4.34. The van der Waals surface area contributed by atoms with Gasteiger partial charge in [0.2, 0.25) is 5.91 Å². The number of anilines is 3. The predicted molar refractivity (Wildman–Crippen MR) is 165 cm³/mol. The Morgan fingerprint density at radius 2 is 1.55 bits per heavy atom. The molecule has 1 unspecified atom stereocenters. The lowest BCUT2D eigenvalue weighted by atomic mass is 10.1. The number of esters is 1. The molecule has 4 aromatic rings. The lowest BCUT2D eigenvalue weighted by molar-refractivity contribution is -0.115. The van der Waals surface area contributed by atoms with Gasteiger partial charge in [-0.3, -0.25) is 4.79 Å². The highest BCUT2D eigenvalue weighted by molar-refractivity contribution is 8.00. The standard InChI is InChI=1S/C31H29N3O4S2/c1-3-38-30(36)22-16-18-23(19-17-22)32-29(35)28(21-10-5-4-6-11-21)40-25-13-9-12-24(20-25)33-31(39)34-26-14-7-8-15-27(26)37-2/h4-20,28H,3H2,1-2H3,(H,32,35)(H2,33,34,39). The molecule has 0 radical (unpaired) electrons. The van der Waals surface area contributed by atoms with Crippen LogP contribution in [0.5, 0.6) is 5.75 Å². The highest BCUT2D eigenvalue weighted by atomic mass is 32.2. The van der Waals surface area contributed by atoms with Crippen molar-refractivity contribution in [2.45, 2.75) is 17.1 Å². The van der Waals surface area contributed by atoms with E-state index in [2.05, 4.69) is 16.0 Å². The van der Waals surface area contributed by atoms with Crippen molar-refractivity contribution in [2.24, 2.45) is 0 Å². The van der Waals surface area contributed by atoms with Crippen molar-refractivity contribution < 1.29 is 19.1 Å². The summed E-state index contributed by atoms with van der Waals surface area (Å²) in [6.07, 6.45) is 0. The van der Waals surface area contributed by atoms with Crippen LogP contribution in [0.25, 0.3) is 0 Å². The van der Waals surface area contributed by atoms with Gasteiger partial charge in [0.05, 0.1) is 25.0 Å². The number of carbonyl (C=O) groups is 2. The summed E-state index contributed by atoms with van der Waals surface area (Å²) in [5.74, 6) is 0.0965. The topological polar surface area (TPSA) is 88.7 Å². The van der Waals surface area contributed by atoms with Gasteiger partial charge in [-0.25, -0.2) is 4.79 Å². The van der Waals surface area contributed by atoms with Gasteiger partial charge in [0.1, 0.15) is 11.0 Å². The van der Waals surface area contributed by atoms with Crippen molar-refractivity contribution in [1.82, 2.24) is 0 Å². The summed E-state index contributed by atoms with van der Waals surface area (Å²) in [7, 11) is 1.61. The van der Waals surface area contributed by atoms with Gasteiger partial charge in [-0.15, -0.1) is 11.8 Å². The van der Waals surface area contributed by atoms with E-state index in [1.807, 2.05) is 78.9 Å². The summed E-state index contributed by atoms with van der Waals surface area (Å²) < 4.78 is 10.4. The zero-order chi connectivity index (χ0) is 28.3. The molecule has 0 aliphatic rings. The minimum absolute atomic E-state index is 0.188. The summed E-state index contributed by atoms with van der Waals surface area (Å²) in [4.78, 5) is 26.3. The van der Waals surface area contributed by atoms with Gasteiger partial charge in [-0.2, -0.15) is 0 Å². The van der Waals surface area contributed by atoms with E-state index in [4.69, 9.17) is 21.7 Å². The Morgan fingerprint density at radius 3 is 2.27 bits per heavy atom. The zero-order valence-electron chi connectivity index (χ0n) is 22.0. The molecule has 4 rings (SSSR count). The van der Waals surface area contributed by atoms with E-state index in [1.165, 1.54) is 11.8 Å². The van der Waals surface area contributed by atoms with Crippen LogP contribution >= 0.6 is 24.0 Å². The number of benzene rings is 4. The Bertz CT molecular complexity index is 1460. The number of ether oxygens (including phenoxy) is 2. The van der Waals surface area contributed by atoms with Crippen molar-refractivity contribution in [1.29, 1.82) is 0 Å². The molecule has 0 aromatic heterocycles. The number of nitrogens with one attached hydrogen (secondary N) is 3. The molecule has 40 heavy (non-hydrogen) atoms. The van der Waals surface area contributed by atoms with Crippen molar-refractivity contribution in [2.75, 3.05) is 29.7 Å². The fraction of sp³-hybridized carbons (Fsp3) is 0.129. The minimum Gasteiger partial charge on any atom is -0.495 e. The van der Waals surface area contributed by atoms with Crippen molar-refractivity contribution in [3.63, 3.8) is 0 Å². The van der Waals surface area contributed by atoms with Crippen LogP contribution < -0.4 is 20.7 Å². The molecule has 0 saturated carbocycles. The molecule has 0 bridgehead atoms. The van der Waals surface area contributed by atoms with Gasteiger partial charge in [-0.1, -0.05) is 48.5 Å². The lowest BCUT2D eigenvalue weighted by Gasteiger charge is -2.18. The van der Waals surface area contributed by atoms with E-state index in [9.17, 15) is 9.59 Å². The fourth-order valence-corrected chi connectivity index (χ4v) is 5.14. The molecule has 0 saturated heterocycles. The molecule has 4 aromatic carbocycles. The summed E-state index contributed by atoms with van der Waals surface area (Å²) in [6.45, 7) is 2.06. The van der Waals surface area contributed by atoms with Crippen LogP contribution in [0.1, 0.15) is 28.1 Å². The Labute approximate surface area is 243 Å². The van der Waals surface area contributed by atoms with Crippen LogP contribution in [0.15, 0.2) is 108 Å². The third-order valence-corrected chi connectivity index (χ3v) is 7.16. The number of rotatable bonds is 10. The fourth-order valence-electron chi connectivity index (χ4n) is 3.83. The molecule has 0 heterocycles. The maximum absolute atomic E-state index is 13.5. The highest BCUT2D eigenvalue weighted by Crippen LogP contribution is 2.37. The first kappa shape index (κ1) is 28.7. The third kappa shape index (κ3) is 7.84. The first-order valence-corrected chi connectivity index (χ1v) is 13.9. The van der Waals surface area contributed by atoms with Crippen LogP contribution in [0, 0.1) is 0 Å². The molecule has 204 valence electrons. The average molecular weight is 572 g/mol. The Morgan fingerprint density at radius 1 is 0.825 bits per heavy atom. The molecule has 1 amide bonds. The second kappa shape index (κ2) is 14.2. The SMILES string of the molecule is CCOC(=O)c1ccc(NC(=O)C(Sc2cccc(NC(=S)Nc3ccccc3OC)c2)c2ccccc2)cc1. The number of thioether (sulfide) groups is 1. The molecule has 0 aliphatic heterocycles. The molecule has 1 atom stereocenters. The van der Waals surface area contributed by atoms with Gasteiger partial charge in [-0.05, 0) is 79.3 Å². The number of carbonyl (C=O) groups excluding carboxylic acids is 2. The minimum atomic E-state index is -0.528. The van der Waals surface area contributed by atoms with Crippen LogP contribution in [-0.4, -0.2) is 30.7 Å². The molecule has 0 spiro atoms. The van der Waals surface area contributed by atoms with Gasteiger partial charge >= 0.3 is 5.97 Å². The third-order valence-electron chi connectivity index (χ3n) is 5.71. The predicted octanol–water partition coefficient (Wildman–Crippen LogP) is 7.15. The molecule has 3 N–H and O–H groups in total. The number of thiocarbonyl (C=S) groups is 1.